The molecule has 148 valence electrons. The lowest BCUT2D eigenvalue weighted by Gasteiger charge is -2.20. The van der Waals surface area contributed by atoms with Crippen LogP contribution >= 0.6 is 24.0 Å². The number of guanidine groups is 1. The standard InChI is InChI=1S/C19H32N4O2.HI/c1-6-20-18(24)13-25-17-10-8-9-16(11-17)12-22-19(21-7-2)23-15(5)14(3)4;/h8-11,14-15H,6-7,12-13H2,1-5H3,(H,20,24)(H2,21,22,23);1H. The number of hydrogen-bond donors (Lipinski definition) is 3. The molecule has 0 aliphatic heterocycles. The minimum atomic E-state index is -0.118. The number of likely N-dealkylation sites (N-methyl/N-ethyl adjacent to an activating group) is 1. The monoisotopic (exact) mass is 476 g/mol. The maximum atomic E-state index is 11.5. The van der Waals surface area contributed by atoms with E-state index in [9.17, 15) is 4.79 Å². The molecule has 1 aromatic rings. The van der Waals surface area contributed by atoms with E-state index in [-0.39, 0.29) is 36.5 Å². The van der Waals surface area contributed by atoms with Crippen LogP contribution in [0.1, 0.15) is 40.2 Å². The van der Waals surface area contributed by atoms with Crippen LogP contribution < -0.4 is 20.7 Å². The first-order valence-electron chi connectivity index (χ1n) is 8.99. The van der Waals surface area contributed by atoms with E-state index in [2.05, 4.69) is 41.7 Å². The molecule has 0 fully saturated rings. The highest BCUT2D eigenvalue weighted by molar-refractivity contribution is 14.0. The molecule has 0 spiro atoms. The number of aliphatic imine (C=N–C) groups is 1. The van der Waals surface area contributed by atoms with Crippen molar-refractivity contribution in [3.63, 3.8) is 0 Å². The lowest BCUT2D eigenvalue weighted by atomic mass is 10.1. The van der Waals surface area contributed by atoms with Crippen molar-refractivity contribution >= 4 is 35.8 Å². The Hall–Kier alpha value is -1.51. The summed E-state index contributed by atoms with van der Waals surface area (Å²) in [5.41, 5.74) is 1.03. The Balaban J connectivity index is 0.00000625. The first-order chi connectivity index (χ1) is 12.0. The first-order valence-corrected chi connectivity index (χ1v) is 8.99. The molecule has 0 aliphatic carbocycles. The van der Waals surface area contributed by atoms with Crippen molar-refractivity contribution in [2.45, 2.75) is 47.2 Å². The van der Waals surface area contributed by atoms with Crippen LogP contribution in [0.2, 0.25) is 0 Å². The van der Waals surface area contributed by atoms with Crippen LogP contribution in [0.4, 0.5) is 0 Å². The van der Waals surface area contributed by atoms with Gasteiger partial charge in [0.05, 0.1) is 6.54 Å². The van der Waals surface area contributed by atoms with Crippen LogP contribution in [0.3, 0.4) is 0 Å². The van der Waals surface area contributed by atoms with Gasteiger partial charge in [-0.1, -0.05) is 26.0 Å². The third-order valence-electron chi connectivity index (χ3n) is 3.77. The third-order valence-corrected chi connectivity index (χ3v) is 3.77. The van der Waals surface area contributed by atoms with E-state index in [0.29, 0.717) is 30.8 Å². The average Bonchev–Trinajstić information content (AvgIpc) is 2.58. The zero-order chi connectivity index (χ0) is 18.7. The van der Waals surface area contributed by atoms with E-state index in [0.717, 1.165) is 18.1 Å². The second-order valence-electron chi connectivity index (χ2n) is 6.26. The summed E-state index contributed by atoms with van der Waals surface area (Å²) < 4.78 is 5.52. The summed E-state index contributed by atoms with van der Waals surface area (Å²) in [5, 5.41) is 9.38. The van der Waals surface area contributed by atoms with Crippen molar-refractivity contribution in [2.24, 2.45) is 10.9 Å². The molecule has 1 amide bonds. The van der Waals surface area contributed by atoms with Crippen LogP contribution in [0, 0.1) is 5.92 Å². The number of nitrogens with one attached hydrogen (secondary N) is 3. The van der Waals surface area contributed by atoms with Crippen LogP contribution in [0.5, 0.6) is 5.75 Å². The Morgan fingerprint density at radius 3 is 2.46 bits per heavy atom. The van der Waals surface area contributed by atoms with Crippen LogP contribution in [0.25, 0.3) is 0 Å². The van der Waals surface area contributed by atoms with Crippen LogP contribution in [0.15, 0.2) is 29.3 Å². The molecule has 1 unspecified atom stereocenters. The zero-order valence-electron chi connectivity index (χ0n) is 16.5. The number of halogens is 1. The summed E-state index contributed by atoms with van der Waals surface area (Å²) in [5.74, 6) is 1.88. The number of nitrogens with zero attached hydrogens (tertiary/aromatic N) is 1. The summed E-state index contributed by atoms with van der Waals surface area (Å²) in [6, 6.07) is 8.01. The molecule has 0 heterocycles. The molecule has 3 N–H and O–H groups in total. The van der Waals surface area contributed by atoms with Crippen molar-refractivity contribution in [1.29, 1.82) is 0 Å². The number of ether oxygens (including phenoxy) is 1. The number of amides is 1. The van der Waals surface area contributed by atoms with Gasteiger partial charge in [-0.15, -0.1) is 24.0 Å². The lowest BCUT2D eigenvalue weighted by Crippen LogP contribution is -2.44. The molecule has 6 nitrogen and oxygen atoms in total. The second-order valence-corrected chi connectivity index (χ2v) is 6.26. The zero-order valence-corrected chi connectivity index (χ0v) is 18.8. The van der Waals surface area contributed by atoms with Gasteiger partial charge in [0.25, 0.3) is 5.91 Å². The smallest absolute Gasteiger partial charge is 0.257 e. The number of rotatable bonds is 9. The highest BCUT2D eigenvalue weighted by Crippen LogP contribution is 2.14. The topological polar surface area (TPSA) is 74.8 Å². The van der Waals surface area contributed by atoms with Gasteiger partial charge in [-0.25, -0.2) is 4.99 Å². The minimum Gasteiger partial charge on any atom is -0.484 e. The normalized spacial score (nSPS) is 12.2. The number of hydrogen-bond acceptors (Lipinski definition) is 3. The van der Waals surface area contributed by atoms with Gasteiger partial charge >= 0.3 is 0 Å². The number of carbonyl (C=O) groups is 1. The summed E-state index contributed by atoms with van der Waals surface area (Å²) in [6.45, 7) is 12.4. The Kier molecular flexibility index (Phi) is 12.9. The highest BCUT2D eigenvalue weighted by atomic mass is 127. The van der Waals surface area contributed by atoms with E-state index in [1.54, 1.807) is 0 Å². The SMILES string of the molecule is CCNC(=O)COc1cccc(CN=C(NCC)NC(C)C(C)C)c1.I. The molecule has 0 aromatic heterocycles. The second kappa shape index (κ2) is 13.7. The predicted octanol–water partition coefficient (Wildman–Crippen LogP) is 2.92. The fourth-order valence-electron chi connectivity index (χ4n) is 2.00. The quantitative estimate of drug-likeness (QED) is 0.291. The molecule has 0 saturated carbocycles. The van der Waals surface area contributed by atoms with Gasteiger partial charge in [0.2, 0.25) is 0 Å². The molecule has 0 bridgehead atoms. The van der Waals surface area contributed by atoms with E-state index in [4.69, 9.17) is 4.74 Å². The summed E-state index contributed by atoms with van der Waals surface area (Å²) in [7, 11) is 0. The molecular formula is C19H33IN4O2. The van der Waals surface area contributed by atoms with E-state index < -0.39 is 0 Å². The highest BCUT2D eigenvalue weighted by Gasteiger charge is 2.09. The molecular weight excluding hydrogens is 443 g/mol. The molecule has 0 aliphatic rings. The average molecular weight is 476 g/mol. The molecule has 1 aromatic carbocycles. The summed E-state index contributed by atoms with van der Waals surface area (Å²) in [6.07, 6.45) is 0. The van der Waals surface area contributed by atoms with Crippen molar-refractivity contribution in [1.82, 2.24) is 16.0 Å². The predicted molar refractivity (Wildman–Crippen MR) is 118 cm³/mol. The summed E-state index contributed by atoms with van der Waals surface area (Å²) in [4.78, 5) is 16.1. The lowest BCUT2D eigenvalue weighted by molar-refractivity contribution is -0.122. The van der Waals surface area contributed by atoms with Gasteiger partial charge in [-0.3, -0.25) is 4.79 Å². The van der Waals surface area contributed by atoms with Crippen molar-refractivity contribution < 1.29 is 9.53 Å². The van der Waals surface area contributed by atoms with E-state index in [1.807, 2.05) is 38.1 Å². The number of carbonyl (C=O) groups excluding carboxylic acids is 1. The van der Waals surface area contributed by atoms with Gasteiger partial charge < -0.3 is 20.7 Å². The Bertz CT molecular complexity index is 564. The van der Waals surface area contributed by atoms with E-state index in [1.165, 1.54) is 0 Å². The maximum absolute atomic E-state index is 11.5. The molecule has 1 atom stereocenters. The van der Waals surface area contributed by atoms with Crippen LogP contribution in [-0.2, 0) is 11.3 Å². The van der Waals surface area contributed by atoms with Crippen molar-refractivity contribution in [2.75, 3.05) is 19.7 Å². The van der Waals surface area contributed by atoms with Gasteiger partial charge in [0.15, 0.2) is 12.6 Å². The molecule has 0 radical (unpaired) electrons. The fraction of sp³-hybridized carbons (Fsp3) is 0.579. The Morgan fingerprint density at radius 2 is 1.85 bits per heavy atom. The largest absolute Gasteiger partial charge is 0.484 e. The van der Waals surface area contributed by atoms with Gasteiger partial charge in [-0.05, 0) is 44.4 Å². The van der Waals surface area contributed by atoms with E-state index >= 15 is 0 Å². The molecule has 26 heavy (non-hydrogen) atoms. The van der Waals surface area contributed by atoms with Gasteiger partial charge in [0.1, 0.15) is 5.75 Å². The molecule has 1 rings (SSSR count). The Morgan fingerprint density at radius 1 is 1.15 bits per heavy atom. The van der Waals surface area contributed by atoms with Crippen molar-refractivity contribution in [3.05, 3.63) is 29.8 Å². The third kappa shape index (κ3) is 9.84. The van der Waals surface area contributed by atoms with Gasteiger partial charge in [-0.2, -0.15) is 0 Å². The van der Waals surface area contributed by atoms with Crippen LogP contribution in [-0.4, -0.2) is 37.6 Å². The van der Waals surface area contributed by atoms with Crippen molar-refractivity contribution in [3.8, 4) is 5.75 Å². The minimum absolute atomic E-state index is 0. The molecule has 7 heteroatoms. The Labute approximate surface area is 174 Å². The number of benzene rings is 1. The summed E-state index contributed by atoms with van der Waals surface area (Å²) >= 11 is 0. The maximum Gasteiger partial charge on any atom is 0.257 e. The fourth-order valence-corrected chi connectivity index (χ4v) is 2.00. The first kappa shape index (κ1) is 24.5. The molecule has 0 saturated heterocycles. The van der Waals surface area contributed by atoms with Gasteiger partial charge in [0, 0.05) is 19.1 Å².